The van der Waals surface area contributed by atoms with Gasteiger partial charge in [-0.2, -0.15) is 4.98 Å². The molecule has 0 N–H and O–H groups in total. The Morgan fingerprint density at radius 1 is 1.04 bits per heavy atom. The van der Waals surface area contributed by atoms with Crippen molar-refractivity contribution in [2.75, 3.05) is 13.7 Å². The smallest absolute Gasteiger partial charge is 0.224 e. The van der Waals surface area contributed by atoms with Gasteiger partial charge in [0.15, 0.2) is 0 Å². The Morgan fingerprint density at radius 2 is 1.85 bits per heavy atom. The third-order valence-electron chi connectivity index (χ3n) is 3.89. The van der Waals surface area contributed by atoms with Gasteiger partial charge in [0.25, 0.3) is 0 Å². The molecule has 0 unspecified atom stereocenters. The van der Waals surface area contributed by atoms with Crippen molar-refractivity contribution in [2.45, 2.75) is 19.8 Å². The van der Waals surface area contributed by atoms with E-state index in [-0.39, 0.29) is 0 Å². The molecule has 1 fully saturated rings. The average molecular weight is 350 g/mol. The van der Waals surface area contributed by atoms with Crippen molar-refractivity contribution >= 4 is 0 Å². The van der Waals surface area contributed by atoms with Gasteiger partial charge < -0.3 is 9.47 Å². The molecule has 3 aromatic heterocycles. The Labute approximate surface area is 153 Å². The Balaban J connectivity index is 0.000000206. The minimum atomic E-state index is 0.681. The molecule has 1 saturated carbocycles. The van der Waals surface area contributed by atoms with Crippen molar-refractivity contribution in [1.29, 1.82) is 0 Å². The van der Waals surface area contributed by atoms with Crippen molar-refractivity contribution in [2.24, 2.45) is 5.92 Å². The van der Waals surface area contributed by atoms with Crippen LogP contribution < -0.4 is 9.47 Å². The van der Waals surface area contributed by atoms with Gasteiger partial charge in [0.1, 0.15) is 11.6 Å². The number of pyridine rings is 2. The van der Waals surface area contributed by atoms with Crippen molar-refractivity contribution in [3.8, 4) is 22.8 Å². The Hall–Kier alpha value is -3.02. The van der Waals surface area contributed by atoms with Gasteiger partial charge in [-0.3, -0.25) is 9.97 Å². The molecule has 0 amide bonds. The van der Waals surface area contributed by atoms with Crippen LogP contribution in [0, 0.1) is 12.8 Å². The van der Waals surface area contributed by atoms with Gasteiger partial charge in [-0.25, -0.2) is 4.98 Å². The maximum atomic E-state index is 5.82. The molecule has 0 atom stereocenters. The monoisotopic (exact) mass is 350 g/mol. The van der Waals surface area contributed by atoms with E-state index in [1.54, 1.807) is 31.9 Å². The zero-order valence-electron chi connectivity index (χ0n) is 15.0. The van der Waals surface area contributed by atoms with Gasteiger partial charge in [-0.05, 0) is 55.5 Å². The largest absolute Gasteiger partial charge is 0.495 e. The van der Waals surface area contributed by atoms with Gasteiger partial charge in [0.05, 0.1) is 25.5 Å². The molecule has 1 aliphatic rings. The lowest BCUT2D eigenvalue weighted by molar-refractivity contribution is 0.288. The van der Waals surface area contributed by atoms with E-state index < -0.39 is 0 Å². The molecule has 4 rings (SSSR count). The van der Waals surface area contributed by atoms with Crippen LogP contribution in [0.25, 0.3) is 11.1 Å². The van der Waals surface area contributed by atoms with E-state index >= 15 is 0 Å². The summed E-state index contributed by atoms with van der Waals surface area (Å²) in [5.41, 5.74) is 1.97. The zero-order valence-corrected chi connectivity index (χ0v) is 15.0. The Kier molecular flexibility index (Phi) is 6.09. The summed E-state index contributed by atoms with van der Waals surface area (Å²) < 4.78 is 10.7. The third kappa shape index (κ3) is 5.24. The summed E-state index contributed by atoms with van der Waals surface area (Å²) in [6.45, 7) is 2.63. The van der Waals surface area contributed by atoms with Gasteiger partial charge in [0.2, 0.25) is 5.88 Å². The van der Waals surface area contributed by atoms with Crippen molar-refractivity contribution < 1.29 is 9.47 Å². The number of hydrogen-bond acceptors (Lipinski definition) is 6. The Bertz CT molecular complexity index is 809. The van der Waals surface area contributed by atoms with Crippen LogP contribution in [0.3, 0.4) is 0 Å². The van der Waals surface area contributed by atoms with Crippen LogP contribution in [0.2, 0.25) is 0 Å². The van der Waals surface area contributed by atoms with E-state index in [1.807, 2.05) is 37.4 Å². The summed E-state index contributed by atoms with van der Waals surface area (Å²) in [5, 5.41) is 0. The standard InChI is InChI=1S/C14H15N3O.C6H7NO/c1-10-16-8-13(12-4-6-15-7-5-12)14(17-10)18-9-11-2-3-11;1-8-6-3-2-4-7-5-6/h4-8,11H,2-3,9H2,1H3;2-5H,1H3. The molecule has 134 valence electrons. The number of nitrogens with zero attached hydrogens (tertiary/aromatic N) is 4. The molecule has 3 aromatic rings. The molecule has 0 radical (unpaired) electrons. The highest BCUT2D eigenvalue weighted by atomic mass is 16.5. The van der Waals surface area contributed by atoms with Crippen LogP contribution in [-0.2, 0) is 0 Å². The van der Waals surface area contributed by atoms with Crippen LogP contribution >= 0.6 is 0 Å². The second kappa shape index (κ2) is 8.89. The fourth-order valence-corrected chi connectivity index (χ4v) is 2.24. The van der Waals surface area contributed by atoms with E-state index in [1.165, 1.54) is 12.8 Å². The summed E-state index contributed by atoms with van der Waals surface area (Å²) in [6.07, 6.45) is 11.3. The summed E-state index contributed by atoms with van der Waals surface area (Å²) in [5.74, 6) is 2.93. The first-order valence-corrected chi connectivity index (χ1v) is 8.57. The number of ether oxygens (including phenoxy) is 2. The molecule has 0 saturated heterocycles. The van der Waals surface area contributed by atoms with Crippen molar-refractivity contribution in [3.63, 3.8) is 0 Å². The summed E-state index contributed by atoms with van der Waals surface area (Å²) in [7, 11) is 1.62. The first-order valence-electron chi connectivity index (χ1n) is 8.57. The molecule has 1 aliphatic carbocycles. The highest BCUT2D eigenvalue weighted by Crippen LogP contribution is 2.32. The molecule has 26 heavy (non-hydrogen) atoms. The van der Waals surface area contributed by atoms with Crippen LogP contribution in [0.15, 0.2) is 55.2 Å². The second-order valence-electron chi connectivity index (χ2n) is 6.02. The van der Waals surface area contributed by atoms with Crippen LogP contribution in [0.1, 0.15) is 18.7 Å². The fourth-order valence-electron chi connectivity index (χ4n) is 2.24. The number of methoxy groups -OCH3 is 1. The predicted octanol–water partition coefficient (Wildman–Crippen LogP) is 3.73. The summed E-state index contributed by atoms with van der Waals surface area (Å²) in [6, 6.07) is 7.57. The second-order valence-corrected chi connectivity index (χ2v) is 6.02. The van der Waals surface area contributed by atoms with E-state index in [9.17, 15) is 0 Å². The molecule has 0 aliphatic heterocycles. The van der Waals surface area contributed by atoms with Crippen molar-refractivity contribution in [3.05, 3.63) is 61.1 Å². The maximum Gasteiger partial charge on any atom is 0.224 e. The minimum absolute atomic E-state index is 0.681. The summed E-state index contributed by atoms with van der Waals surface area (Å²) >= 11 is 0. The molecule has 0 spiro atoms. The molecule has 3 heterocycles. The molecular weight excluding hydrogens is 328 g/mol. The fraction of sp³-hybridized carbons (Fsp3) is 0.300. The van der Waals surface area contributed by atoms with Crippen LogP contribution in [0.4, 0.5) is 0 Å². The SMILES string of the molecule is COc1cccnc1.Cc1ncc(-c2ccncc2)c(OCC2CC2)n1. The van der Waals surface area contributed by atoms with Crippen LogP contribution in [-0.4, -0.2) is 33.7 Å². The van der Waals surface area contributed by atoms with Gasteiger partial charge >= 0.3 is 0 Å². The highest BCUT2D eigenvalue weighted by Gasteiger charge is 2.23. The predicted molar refractivity (Wildman–Crippen MR) is 99.0 cm³/mol. The Morgan fingerprint density at radius 3 is 2.46 bits per heavy atom. The lowest BCUT2D eigenvalue weighted by Crippen LogP contribution is -2.04. The first kappa shape index (κ1) is 17.8. The first-order chi connectivity index (χ1) is 12.8. The number of hydrogen-bond donors (Lipinski definition) is 0. The van der Waals surface area contributed by atoms with Crippen LogP contribution in [0.5, 0.6) is 11.6 Å². The summed E-state index contributed by atoms with van der Waals surface area (Å²) in [4.78, 5) is 16.5. The van der Waals surface area contributed by atoms with E-state index in [0.717, 1.165) is 29.3 Å². The highest BCUT2D eigenvalue weighted by molar-refractivity contribution is 5.67. The molecule has 0 bridgehead atoms. The molecular formula is C20H22N4O2. The van der Waals surface area contributed by atoms with E-state index in [2.05, 4.69) is 19.9 Å². The number of aromatic nitrogens is 4. The topological polar surface area (TPSA) is 70.0 Å². The quantitative estimate of drug-likeness (QED) is 0.698. The lowest BCUT2D eigenvalue weighted by atomic mass is 10.1. The number of rotatable bonds is 5. The van der Waals surface area contributed by atoms with E-state index in [0.29, 0.717) is 11.8 Å². The number of aryl methyl sites for hydroxylation is 1. The van der Waals surface area contributed by atoms with Gasteiger partial charge in [-0.15, -0.1) is 0 Å². The maximum absolute atomic E-state index is 5.82. The van der Waals surface area contributed by atoms with Gasteiger partial charge in [0, 0.05) is 24.8 Å². The average Bonchev–Trinajstić information content (AvgIpc) is 3.53. The van der Waals surface area contributed by atoms with Gasteiger partial charge in [-0.1, -0.05) is 0 Å². The normalized spacial score (nSPS) is 12.7. The lowest BCUT2D eigenvalue weighted by Gasteiger charge is -2.10. The third-order valence-corrected chi connectivity index (χ3v) is 3.89. The molecule has 6 nitrogen and oxygen atoms in total. The van der Waals surface area contributed by atoms with Crippen molar-refractivity contribution in [1.82, 2.24) is 19.9 Å². The van der Waals surface area contributed by atoms with E-state index in [4.69, 9.17) is 9.47 Å². The molecule has 6 heteroatoms. The molecule has 0 aromatic carbocycles. The zero-order chi connectivity index (χ0) is 18.2. The minimum Gasteiger partial charge on any atom is -0.495 e.